The minimum absolute atomic E-state index is 0.307. The first kappa shape index (κ1) is 11.9. The first-order valence-electron chi connectivity index (χ1n) is 5.11. The van der Waals surface area contributed by atoms with Crippen LogP contribution in [0.4, 0.5) is 0 Å². The van der Waals surface area contributed by atoms with Gasteiger partial charge in [0.15, 0.2) is 0 Å². The molecule has 2 N–H and O–H groups in total. The van der Waals surface area contributed by atoms with Gasteiger partial charge in [-0.3, -0.25) is 0 Å². The van der Waals surface area contributed by atoms with Gasteiger partial charge in [0.2, 0.25) is 0 Å². The predicted molar refractivity (Wildman–Crippen MR) is 55.3 cm³/mol. The Bertz CT molecular complexity index is 91.8. The van der Waals surface area contributed by atoms with Gasteiger partial charge in [-0.05, 0) is 26.9 Å². The fraction of sp³-hybridized carbons (Fsp3) is 1.00. The molecule has 0 spiro atoms. The Morgan fingerprint density at radius 2 is 1.92 bits per heavy atom. The normalized spacial score (nSPS) is 13.8. The average Bonchev–Trinajstić information content (AvgIpc) is 1.97. The molecule has 0 bridgehead atoms. The van der Waals surface area contributed by atoms with E-state index in [1.54, 1.807) is 0 Å². The van der Waals surface area contributed by atoms with Gasteiger partial charge in [0.1, 0.15) is 0 Å². The molecule has 0 saturated heterocycles. The summed E-state index contributed by atoms with van der Waals surface area (Å²) in [6.07, 6.45) is 5.36. The van der Waals surface area contributed by atoms with Gasteiger partial charge in [-0.1, -0.05) is 26.2 Å². The third-order valence-electron chi connectivity index (χ3n) is 1.99. The van der Waals surface area contributed by atoms with E-state index in [4.69, 9.17) is 5.73 Å². The second-order valence-corrected chi connectivity index (χ2v) is 3.80. The zero-order valence-corrected chi connectivity index (χ0v) is 8.84. The molecule has 0 aromatic rings. The van der Waals surface area contributed by atoms with Crippen LogP contribution >= 0.6 is 0 Å². The van der Waals surface area contributed by atoms with E-state index >= 15 is 0 Å². The lowest BCUT2D eigenvalue weighted by molar-refractivity contribution is 0.309. The Balaban J connectivity index is 3.14. The fourth-order valence-corrected chi connectivity index (χ4v) is 1.39. The first-order chi connectivity index (χ1) is 5.66. The molecule has 2 nitrogen and oxygen atoms in total. The number of unbranched alkanes of at least 4 members (excludes halogenated alkanes) is 3. The molecule has 0 aromatic heterocycles. The van der Waals surface area contributed by atoms with Crippen molar-refractivity contribution in [1.82, 2.24) is 4.90 Å². The van der Waals surface area contributed by atoms with Crippen molar-refractivity contribution >= 4 is 0 Å². The van der Waals surface area contributed by atoms with Crippen LogP contribution in [0, 0.1) is 0 Å². The average molecular weight is 172 g/mol. The van der Waals surface area contributed by atoms with Crippen LogP contribution in [0.3, 0.4) is 0 Å². The largest absolute Gasteiger partial charge is 0.327 e. The smallest absolute Gasteiger partial charge is 0.0139 e. The van der Waals surface area contributed by atoms with E-state index in [2.05, 4.69) is 25.8 Å². The Morgan fingerprint density at radius 1 is 1.25 bits per heavy atom. The standard InChI is InChI=1S/C10H24N2/c1-4-5-6-7-8-12(3)9-10(2)11/h10H,4-9,11H2,1-3H3. The second-order valence-electron chi connectivity index (χ2n) is 3.80. The number of rotatable bonds is 7. The number of likely N-dealkylation sites (N-methyl/N-ethyl adjacent to an activating group) is 1. The van der Waals surface area contributed by atoms with Crippen molar-refractivity contribution in [3.05, 3.63) is 0 Å². The molecule has 12 heavy (non-hydrogen) atoms. The molecule has 0 amide bonds. The van der Waals surface area contributed by atoms with Crippen molar-refractivity contribution < 1.29 is 0 Å². The summed E-state index contributed by atoms with van der Waals surface area (Å²) in [5, 5.41) is 0. The van der Waals surface area contributed by atoms with Gasteiger partial charge >= 0.3 is 0 Å². The van der Waals surface area contributed by atoms with Crippen LogP contribution in [0.15, 0.2) is 0 Å². The van der Waals surface area contributed by atoms with Gasteiger partial charge < -0.3 is 10.6 Å². The van der Waals surface area contributed by atoms with Gasteiger partial charge in [-0.15, -0.1) is 0 Å². The van der Waals surface area contributed by atoms with E-state index in [1.165, 1.54) is 32.2 Å². The molecule has 0 aromatic carbocycles. The summed E-state index contributed by atoms with van der Waals surface area (Å²) in [6.45, 7) is 6.52. The summed E-state index contributed by atoms with van der Waals surface area (Å²) >= 11 is 0. The summed E-state index contributed by atoms with van der Waals surface area (Å²) in [5.74, 6) is 0. The van der Waals surface area contributed by atoms with Crippen LogP contribution in [0.2, 0.25) is 0 Å². The Morgan fingerprint density at radius 3 is 2.42 bits per heavy atom. The molecule has 0 aliphatic carbocycles. The van der Waals surface area contributed by atoms with Crippen LogP contribution in [0.1, 0.15) is 39.5 Å². The lowest BCUT2D eigenvalue weighted by Gasteiger charge is -2.18. The SMILES string of the molecule is CCCCCCN(C)CC(C)N. The topological polar surface area (TPSA) is 29.3 Å². The Kier molecular flexibility index (Phi) is 7.51. The number of hydrogen-bond donors (Lipinski definition) is 1. The molecule has 1 unspecified atom stereocenters. The van der Waals surface area contributed by atoms with Gasteiger partial charge in [0.25, 0.3) is 0 Å². The van der Waals surface area contributed by atoms with E-state index in [-0.39, 0.29) is 0 Å². The Labute approximate surface area is 77.1 Å². The highest BCUT2D eigenvalue weighted by atomic mass is 15.1. The molecule has 0 aliphatic heterocycles. The maximum Gasteiger partial charge on any atom is 0.0139 e. The first-order valence-corrected chi connectivity index (χ1v) is 5.11. The molecule has 2 heteroatoms. The molecule has 1 atom stereocenters. The fourth-order valence-electron chi connectivity index (χ4n) is 1.39. The molecule has 0 heterocycles. The van der Waals surface area contributed by atoms with Crippen LogP contribution in [-0.2, 0) is 0 Å². The number of nitrogens with two attached hydrogens (primary N) is 1. The summed E-state index contributed by atoms with van der Waals surface area (Å²) in [4.78, 5) is 2.32. The van der Waals surface area contributed by atoms with Crippen molar-refractivity contribution in [3.63, 3.8) is 0 Å². The van der Waals surface area contributed by atoms with E-state index in [0.29, 0.717) is 6.04 Å². The summed E-state index contributed by atoms with van der Waals surface area (Å²) < 4.78 is 0. The van der Waals surface area contributed by atoms with Crippen molar-refractivity contribution in [3.8, 4) is 0 Å². The highest BCUT2D eigenvalue weighted by Crippen LogP contribution is 2.00. The second kappa shape index (κ2) is 7.56. The molecule has 0 aliphatic rings. The molecular weight excluding hydrogens is 148 g/mol. The minimum atomic E-state index is 0.307. The zero-order chi connectivity index (χ0) is 9.40. The van der Waals surface area contributed by atoms with Crippen LogP contribution in [0.25, 0.3) is 0 Å². The van der Waals surface area contributed by atoms with Gasteiger partial charge in [0, 0.05) is 12.6 Å². The van der Waals surface area contributed by atoms with Gasteiger partial charge in [-0.2, -0.15) is 0 Å². The maximum absolute atomic E-state index is 5.68. The summed E-state index contributed by atoms with van der Waals surface area (Å²) in [7, 11) is 2.15. The lowest BCUT2D eigenvalue weighted by atomic mass is 10.2. The van der Waals surface area contributed by atoms with Crippen molar-refractivity contribution in [2.45, 2.75) is 45.6 Å². The molecule has 0 fully saturated rings. The van der Waals surface area contributed by atoms with Crippen LogP contribution < -0.4 is 5.73 Å². The highest BCUT2D eigenvalue weighted by Gasteiger charge is 2.00. The van der Waals surface area contributed by atoms with Crippen molar-refractivity contribution in [2.24, 2.45) is 5.73 Å². The third kappa shape index (κ3) is 8.02. The van der Waals surface area contributed by atoms with Crippen molar-refractivity contribution in [1.29, 1.82) is 0 Å². The summed E-state index contributed by atoms with van der Waals surface area (Å²) in [5.41, 5.74) is 5.68. The zero-order valence-electron chi connectivity index (χ0n) is 8.84. The maximum atomic E-state index is 5.68. The number of nitrogens with zero attached hydrogens (tertiary/aromatic N) is 1. The Hall–Kier alpha value is -0.0800. The van der Waals surface area contributed by atoms with Crippen LogP contribution in [-0.4, -0.2) is 31.1 Å². The van der Waals surface area contributed by atoms with E-state index in [0.717, 1.165) is 6.54 Å². The van der Waals surface area contributed by atoms with E-state index in [9.17, 15) is 0 Å². The monoisotopic (exact) mass is 172 g/mol. The number of hydrogen-bond acceptors (Lipinski definition) is 2. The third-order valence-corrected chi connectivity index (χ3v) is 1.99. The van der Waals surface area contributed by atoms with Crippen LogP contribution in [0.5, 0.6) is 0 Å². The molecule has 0 saturated carbocycles. The molecule has 74 valence electrons. The van der Waals surface area contributed by atoms with Gasteiger partial charge in [0.05, 0.1) is 0 Å². The van der Waals surface area contributed by atoms with E-state index < -0.39 is 0 Å². The summed E-state index contributed by atoms with van der Waals surface area (Å²) in [6, 6.07) is 0.307. The minimum Gasteiger partial charge on any atom is -0.327 e. The van der Waals surface area contributed by atoms with Gasteiger partial charge in [-0.25, -0.2) is 0 Å². The molecule has 0 radical (unpaired) electrons. The highest BCUT2D eigenvalue weighted by molar-refractivity contribution is 4.59. The lowest BCUT2D eigenvalue weighted by Crippen LogP contribution is -2.33. The predicted octanol–water partition coefficient (Wildman–Crippen LogP) is 1.85. The molecule has 0 rings (SSSR count). The van der Waals surface area contributed by atoms with Crippen molar-refractivity contribution in [2.75, 3.05) is 20.1 Å². The molecular formula is C10H24N2. The quantitative estimate of drug-likeness (QED) is 0.594. The van der Waals surface area contributed by atoms with E-state index in [1.807, 2.05) is 0 Å².